The van der Waals surface area contributed by atoms with Crippen LogP contribution in [0.1, 0.15) is 23.8 Å². The second kappa shape index (κ2) is 6.56. The van der Waals surface area contributed by atoms with E-state index in [0.717, 1.165) is 15.4 Å². The SMILES string of the molecule is CCOC(=O)CCNC(=O)c1cc2cc(Br)ccc2[nH]1. The predicted molar refractivity (Wildman–Crippen MR) is 79.6 cm³/mol. The van der Waals surface area contributed by atoms with Gasteiger partial charge in [0.2, 0.25) is 0 Å². The fraction of sp³-hybridized carbons (Fsp3) is 0.286. The lowest BCUT2D eigenvalue weighted by Gasteiger charge is -2.03. The van der Waals surface area contributed by atoms with Crippen molar-refractivity contribution in [3.8, 4) is 0 Å². The van der Waals surface area contributed by atoms with Crippen molar-refractivity contribution >= 4 is 38.7 Å². The molecule has 0 atom stereocenters. The Morgan fingerprint density at radius 1 is 1.35 bits per heavy atom. The summed E-state index contributed by atoms with van der Waals surface area (Å²) in [4.78, 5) is 26.1. The summed E-state index contributed by atoms with van der Waals surface area (Å²) in [5.74, 6) is -0.546. The molecule has 106 valence electrons. The van der Waals surface area contributed by atoms with E-state index in [2.05, 4.69) is 26.2 Å². The highest BCUT2D eigenvalue weighted by Gasteiger charge is 2.10. The van der Waals surface area contributed by atoms with Crippen molar-refractivity contribution in [3.63, 3.8) is 0 Å². The van der Waals surface area contributed by atoms with Crippen LogP contribution >= 0.6 is 15.9 Å². The average molecular weight is 339 g/mol. The standard InChI is InChI=1S/C14H15BrN2O3/c1-2-20-13(18)5-6-16-14(19)12-8-9-7-10(15)3-4-11(9)17-12/h3-4,7-8,17H,2,5-6H2,1H3,(H,16,19). The molecule has 0 aliphatic heterocycles. The Labute approximate surface area is 124 Å². The number of hydrogen-bond donors (Lipinski definition) is 2. The molecule has 1 aromatic carbocycles. The number of ether oxygens (including phenoxy) is 1. The third-order valence-corrected chi connectivity index (χ3v) is 3.24. The highest BCUT2D eigenvalue weighted by Crippen LogP contribution is 2.20. The first-order valence-corrected chi connectivity index (χ1v) is 7.11. The van der Waals surface area contributed by atoms with Crippen molar-refractivity contribution in [2.45, 2.75) is 13.3 Å². The van der Waals surface area contributed by atoms with Gasteiger partial charge in [-0.2, -0.15) is 0 Å². The van der Waals surface area contributed by atoms with Gasteiger partial charge < -0.3 is 15.0 Å². The van der Waals surface area contributed by atoms with Crippen LogP contribution in [0.15, 0.2) is 28.7 Å². The molecule has 0 aliphatic rings. The Bertz CT molecular complexity index is 636. The van der Waals surface area contributed by atoms with Gasteiger partial charge in [0.25, 0.3) is 5.91 Å². The summed E-state index contributed by atoms with van der Waals surface area (Å²) in [6.07, 6.45) is 0.172. The molecule has 0 unspecified atom stereocenters. The molecule has 1 aromatic heterocycles. The molecule has 20 heavy (non-hydrogen) atoms. The molecule has 1 heterocycles. The van der Waals surface area contributed by atoms with Crippen molar-refractivity contribution < 1.29 is 14.3 Å². The molecule has 0 spiro atoms. The Hall–Kier alpha value is -1.82. The second-order valence-corrected chi connectivity index (χ2v) is 5.14. The number of H-pyrrole nitrogens is 1. The zero-order valence-corrected chi connectivity index (χ0v) is 12.6. The van der Waals surface area contributed by atoms with Crippen molar-refractivity contribution in [1.82, 2.24) is 10.3 Å². The largest absolute Gasteiger partial charge is 0.466 e. The molecule has 0 bridgehead atoms. The molecule has 0 radical (unpaired) electrons. The average Bonchev–Trinajstić information content (AvgIpc) is 2.82. The number of benzene rings is 1. The zero-order chi connectivity index (χ0) is 14.5. The first-order chi connectivity index (χ1) is 9.60. The van der Waals surface area contributed by atoms with Crippen LogP contribution in [0.3, 0.4) is 0 Å². The second-order valence-electron chi connectivity index (χ2n) is 4.23. The lowest BCUT2D eigenvalue weighted by Crippen LogP contribution is -2.26. The van der Waals surface area contributed by atoms with E-state index in [1.54, 1.807) is 13.0 Å². The number of amides is 1. The van der Waals surface area contributed by atoms with Gasteiger partial charge in [-0.05, 0) is 31.2 Å². The monoisotopic (exact) mass is 338 g/mol. The number of rotatable bonds is 5. The van der Waals surface area contributed by atoms with E-state index in [9.17, 15) is 9.59 Å². The van der Waals surface area contributed by atoms with E-state index in [1.807, 2.05) is 18.2 Å². The number of halogens is 1. The summed E-state index contributed by atoms with van der Waals surface area (Å²) in [6, 6.07) is 7.51. The fourth-order valence-electron chi connectivity index (χ4n) is 1.83. The number of fused-ring (bicyclic) bond motifs is 1. The van der Waals surface area contributed by atoms with Gasteiger partial charge in [0, 0.05) is 21.9 Å². The Balaban J connectivity index is 1.95. The molecule has 0 saturated heterocycles. The van der Waals surface area contributed by atoms with Crippen LogP contribution in [-0.2, 0) is 9.53 Å². The van der Waals surface area contributed by atoms with Gasteiger partial charge in [0.15, 0.2) is 0 Å². The number of aromatic nitrogens is 1. The van der Waals surface area contributed by atoms with Gasteiger partial charge in [-0.25, -0.2) is 0 Å². The molecular formula is C14H15BrN2O3. The molecule has 5 nitrogen and oxygen atoms in total. The molecule has 2 rings (SSSR count). The molecule has 6 heteroatoms. The number of aromatic amines is 1. The van der Waals surface area contributed by atoms with Gasteiger partial charge in [-0.3, -0.25) is 9.59 Å². The van der Waals surface area contributed by atoms with Crippen molar-refractivity contribution in [2.24, 2.45) is 0 Å². The van der Waals surface area contributed by atoms with Crippen LogP contribution in [0, 0.1) is 0 Å². The van der Waals surface area contributed by atoms with Gasteiger partial charge in [0.1, 0.15) is 5.69 Å². The zero-order valence-electron chi connectivity index (χ0n) is 11.0. The van der Waals surface area contributed by atoms with E-state index in [4.69, 9.17) is 4.74 Å². The lowest BCUT2D eigenvalue weighted by atomic mass is 10.2. The van der Waals surface area contributed by atoms with Crippen LogP contribution in [-0.4, -0.2) is 30.0 Å². The maximum atomic E-state index is 11.9. The van der Waals surface area contributed by atoms with Gasteiger partial charge in [-0.15, -0.1) is 0 Å². The minimum Gasteiger partial charge on any atom is -0.466 e. The number of nitrogens with one attached hydrogen (secondary N) is 2. The minimum absolute atomic E-state index is 0.172. The summed E-state index contributed by atoms with van der Waals surface area (Å²) in [5, 5.41) is 3.63. The maximum Gasteiger partial charge on any atom is 0.307 e. The smallest absolute Gasteiger partial charge is 0.307 e. The molecule has 2 N–H and O–H groups in total. The highest BCUT2D eigenvalue weighted by atomic mass is 79.9. The van der Waals surface area contributed by atoms with Gasteiger partial charge >= 0.3 is 5.97 Å². The minimum atomic E-state index is -0.312. The number of carbonyl (C=O) groups excluding carboxylic acids is 2. The number of hydrogen-bond acceptors (Lipinski definition) is 3. The van der Waals surface area contributed by atoms with E-state index in [-0.39, 0.29) is 24.8 Å². The Morgan fingerprint density at radius 3 is 2.90 bits per heavy atom. The number of esters is 1. The highest BCUT2D eigenvalue weighted by molar-refractivity contribution is 9.10. The van der Waals surface area contributed by atoms with E-state index >= 15 is 0 Å². The molecule has 0 saturated carbocycles. The molecule has 0 fully saturated rings. The summed E-state index contributed by atoms with van der Waals surface area (Å²) in [5.41, 5.74) is 1.37. The van der Waals surface area contributed by atoms with Crippen LogP contribution in [0.2, 0.25) is 0 Å². The van der Waals surface area contributed by atoms with Crippen LogP contribution < -0.4 is 5.32 Å². The van der Waals surface area contributed by atoms with E-state index in [0.29, 0.717) is 12.3 Å². The molecule has 2 aromatic rings. The lowest BCUT2D eigenvalue weighted by molar-refractivity contribution is -0.142. The van der Waals surface area contributed by atoms with Crippen molar-refractivity contribution in [1.29, 1.82) is 0 Å². The van der Waals surface area contributed by atoms with E-state index < -0.39 is 0 Å². The summed E-state index contributed by atoms with van der Waals surface area (Å²) in [7, 11) is 0. The van der Waals surface area contributed by atoms with Crippen LogP contribution in [0.5, 0.6) is 0 Å². The predicted octanol–water partition coefficient (Wildman–Crippen LogP) is 2.61. The van der Waals surface area contributed by atoms with Crippen molar-refractivity contribution in [2.75, 3.05) is 13.2 Å². The third-order valence-electron chi connectivity index (χ3n) is 2.75. The summed E-state index contributed by atoms with van der Waals surface area (Å²) in [6.45, 7) is 2.36. The Kier molecular flexibility index (Phi) is 4.79. The van der Waals surface area contributed by atoms with E-state index in [1.165, 1.54) is 0 Å². The number of carbonyl (C=O) groups is 2. The molecular weight excluding hydrogens is 324 g/mol. The Morgan fingerprint density at radius 2 is 2.15 bits per heavy atom. The van der Waals surface area contributed by atoms with Crippen LogP contribution in [0.25, 0.3) is 10.9 Å². The maximum absolute atomic E-state index is 11.9. The topological polar surface area (TPSA) is 71.2 Å². The first-order valence-electron chi connectivity index (χ1n) is 6.32. The van der Waals surface area contributed by atoms with Crippen molar-refractivity contribution in [3.05, 3.63) is 34.4 Å². The summed E-state index contributed by atoms with van der Waals surface area (Å²) >= 11 is 3.39. The third kappa shape index (κ3) is 3.60. The summed E-state index contributed by atoms with van der Waals surface area (Å²) < 4.78 is 5.74. The fourth-order valence-corrected chi connectivity index (χ4v) is 2.21. The van der Waals surface area contributed by atoms with Gasteiger partial charge in [0.05, 0.1) is 13.0 Å². The molecule has 0 aliphatic carbocycles. The van der Waals surface area contributed by atoms with Crippen LogP contribution in [0.4, 0.5) is 0 Å². The normalized spacial score (nSPS) is 10.5. The quantitative estimate of drug-likeness (QED) is 0.823. The van der Waals surface area contributed by atoms with Gasteiger partial charge in [-0.1, -0.05) is 15.9 Å². The first kappa shape index (κ1) is 14.6. The molecule has 1 amide bonds.